The van der Waals surface area contributed by atoms with E-state index in [1.54, 1.807) is 0 Å². The molecular weight excluding hydrogens is 206 g/mol. The van der Waals surface area contributed by atoms with Crippen molar-refractivity contribution in [1.82, 2.24) is 4.98 Å². The van der Waals surface area contributed by atoms with E-state index in [0.717, 1.165) is 11.3 Å². The van der Waals surface area contributed by atoms with Crippen LogP contribution in [0.1, 0.15) is 0 Å². The van der Waals surface area contributed by atoms with Gasteiger partial charge in [-0.2, -0.15) is 4.98 Å². The summed E-state index contributed by atoms with van der Waals surface area (Å²) in [7, 11) is 1.40. The predicted molar refractivity (Wildman–Crippen MR) is 42.3 cm³/mol. The van der Waals surface area contributed by atoms with Gasteiger partial charge in [0.15, 0.2) is 5.15 Å². The van der Waals surface area contributed by atoms with Crippen molar-refractivity contribution in [3.8, 4) is 10.3 Å². The van der Waals surface area contributed by atoms with Crippen LogP contribution in [0.15, 0.2) is 0 Å². The monoisotopic (exact) mass is 209 g/mol. The van der Waals surface area contributed by atoms with Crippen LogP contribution in [0.5, 0.6) is 10.3 Å². The Morgan fingerprint density at radius 2 is 2.42 bits per heavy atom. The van der Waals surface area contributed by atoms with Crippen molar-refractivity contribution in [2.75, 3.05) is 7.11 Å². The summed E-state index contributed by atoms with van der Waals surface area (Å²) < 4.78 is 9.00. The number of halogens is 1. The molecule has 66 valence electrons. The first kappa shape index (κ1) is 9.08. The van der Waals surface area contributed by atoms with Crippen molar-refractivity contribution >= 4 is 29.1 Å². The molecule has 0 radical (unpaired) electrons. The van der Waals surface area contributed by atoms with Crippen molar-refractivity contribution in [3.63, 3.8) is 0 Å². The van der Waals surface area contributed by atoms with E-state index in [1.807, 2.05) is 0 Å². The molecule has 0 bridgehead atoms. The van der Waals surface area contributed by atoms with Crippen LogP contribution in [0.25, 0.3) is 0 Å². The molecule has 0 amide bonds. The highest BCUT2D eigenvalue weighted by Crippen LogP contribution is 2.35. The molecule has 0 saturated carbocycles. The summed E-state index contributed by atoms with van der Waals surface area (Å²) in [5, 5.41) is 8.49. The van der Waals surface area contributed by atoms with Gasteiger partial charge in [-0.05, 0) is 11.3 Å². The number of methoxy groups -OCH3 is 1. The number of hydrogen-bond acceptors (Lipinski definition) is 5. The molecule has 0 aliphatic rings. The molecule has 0 atom stereocenters. The number of carbonyl (C=O) groups is 1. The minimum atomic E-state index is -1.43. The Morgan fingerprint density at radius 1 is 1.75 bits per heavy atom. The van der Waals surface area contributed by atoms with Crippen LogP contribution in [0.4, 0.5) is 4.79 Å². The third-order valence-corrected chi connectivity index (χ3v) is 2.16. The third-order valence-electron chi connectivity index (χ3n) is 0.893. The minimum Gasteiger partial charge on any atom is -0.473 e. The first-order valence-corrected chi connectivity index (χ1v) is 3.94. The van der Waals surface area contributed by atoms with Crippen LogP contribution in [0.3, 0.4) is 0 Å². The second kappa shape index (κ2) is 3.59. The number of thiazole rings is 1. The second-order valence-corrected chi connectivity index (χ2v) is 2.91. The Labute approximate surface area is 76.5 Å². The van der Waals surface area contributed by atoms with E-state index in [-0.39, 0.29) is 15.4 Å². The molecule has 0 saturated heterocycles. The standard InChI is InChI=1S/C5H4ClNO4S/c1-10-4-7-2(6)3(12-4)11-5(8)9/h1H3,(H,8,9). The van der Waals surface area contributed by atoms with Gasteiger partial charge < -0.3 is 14.6 Å². The zero-order chi connectivity index (χ0) is 9.14. The van der Waals surface area contributed by atoms with E-state index in [1.165, 1.54) is 7.11 Å². The number of hydrogen-bond donors (Lipinski definition) is 1. The number of aromatic nitrogens is 1. The molecule has 0 aliphatic carbocycles. The maximum absolute atomic E-state index is 10.1. The molecule has 7 heteroatoms. The quantitative estimate of drug-likeness (QED) is 0.753. The maximum atomic E-state index is 10.1. The Hall–Kier alpha value is -1.01. The molecule has 0 aromatic carbocycles. The van der Waals surface area contributed by atoms with Gasteiger partial charge in [0.2, 0.25) is 5.06 Å². The van der Waals surface area contributed by atoms with Gasteiger partial charge in [0.1, 0.15) is 0 Å². The Bertz CT molecular complexity index is 300. The van der Waals surface area contributed by atoms with Crippen LogP contribution in [-0.2, 0) is 0 Å². The van der Waals surface area contributed by atoms with Gasteiger partial charge in [0.25, 0.3) is 5.19 Å². The molecule has 12 heavy (non-hydrogen) atoms. The van der Waals surface area contributed by atoms with E-state index in [9.17, 15) is 4.79 Å². The highest BCUT2D eigenvalue weighted by atomic mass is 35.5. The molecule has 0 unspecified atom stereocenters. The summed E-state index contributed by atoms with van der Waals surface area (Å²) in [4.78, 5) is 13.7. The summed E-state index contributed by atoms with van der Waals surface area (Å²) in [5.41, 5.74) is 0. The smallest absolute Gasteiger partial charge is 0.473 e. The van der Waals surface area contributed by atoms with Gasteiger partial charge in [-0.15, -0.1) is 0 Å². The van der Waals surface area contributed by atoms with Crippen LogP contribution >= 0.6 is 22.9 Å². The molecule has 1 aromatic rings. The molecule has 0 fully saturated rings. The fraction of sp³-hybridized carbons (Fsp3) is 0.200. The van der Waals surface area contributed by atoms with Crippen LogP contribution in [-0.4, -0.2) is 23.4 Å². The van der Waals surface area contributed by atoms with Gasteiger partial charge in [0.05, 0.1) is 7.11 Å². The predicted octanol–water partition coefficient (Wildman–Crippen LogP) is 1.86. The van der Waals surface area contributed by atoms with E-state index < -0.39 is 6.16 Å². The van der Waals surface area contributed by atoms with Crippen molar-refractivity contribution in [2.45, 2.75) is 0 Å². The fourth-order valence-electron chi connectivity index (χ4n) is 0.500. The highest BCUT2D eigenvalue weighted by Gasteiger charge is 2.13. The highest BCUT2D eigenvalue weighted by molar-refractivity contribution is 7.15. The van der Waals surface area contributed by atoms with Gasteiger partial charge in [-0.3, -0.25) is 0 Å². The largest absolute Gasteiger partial charge is 0.512 e. The molecule has 0 aliphatic heterocycles. The van der Waals surface area contributed by atoms with Crippen LogP contribution in [0.2, 0.25) is 5.15 Å². The summed E-state index contributed by atoms with van der Waals surface area (Å²) in [6.07, 6.45) is -1.43. The van der Waals surface area contributed by atoms with Gasteiger partial charge in [0, 0.05) is 0 Å². The number of ether oxygens (including phenoxy) is 2. The summed E-state index contributed by atoms with van der Waals surface area (Å²) >= 11 is 6.42. The summed E-state index contributed by atoms with van der Waals surface area (Å²) in [5.74, 6) is 0. The SMILES string of the molecule is COc1nc(Cl)c(OC(=O)O)s1. The third kappa shape index (κ3) is 1.99. The lowest BCUT2D eigenvalue weighted by Gasteiger charge is -1.91. The van der Waals surface area contributed by atoms with E-state index in [2.05, 4.69) is 9.72 Å². The van der Waals surface area contributed by atoms with Gasteiger partial charge in [-0.25, -0.2) is 4.79 Å². The average Bonchev–Trinajstić information content (AvgIpc) is 2.31. The number of carboxylic acid groups (broad SMARTS) is 1. The first-order chi connectivity index (χ1) is 5.63. The molecule has 0 spiro atoms. The lowest BCUT2D eigenvalue weighted by atomic mass is 10.9. The molecular formula is C5H4ClNO4S. The van der Waals surface area contributed by atoms with Crippen LogP contribution in [0, 0.1) is 0 Å². The number of nitrogens with zero attached hydrogens (tertiary/aromatic N) is 1. The fourth-order valence-corrected chi connectivity index (χ4v) is 1.40. The lowest BCUT2D eigenvalue weighted by Crippen LogP contribution is -2.01. The minimum absolute atomic E-state index is 0.0146. The normalized spacial score (nSPS) is 9.50. The van der Waals surface area contributed by atoms with Crippen LogP contribution < -0.4 is 9.47 Å². The Balaban J connectivity index is 2.84. The maximum Gasteiger partial charge on any atom is 0.512 e. The van der Waals surface area contributed by atoms with E-state index >= 15 is 0 Å². The topological polar surface area (TPSA) is 68.7 Å². The Morgan fingerprint density at radius 3 is 2.83 bits per heavy atom. The van der Waals surface area contributed by atoms with E-state index in [0.29, 0.717) is 0 Å². The van der Waals surface area contributed by atoms with Crippen molar-refractivity contribution in [1.29, 1.82) is 0 Å². The molecule has 1 heterocycles. The zero-order valence-corrected chi connectivity index (χ0v) is 7.48. The molecule has 1 N–H and O–H groups in total. The average molecular weight is 210 g/mol. The number of rotatable bonds is 2. The molecule has 1 aromatic heterocycles. The second-order valence-electron chi connectivity index (χ2n) is 1.63. The van der Waals surface area contributed by atoms with Crippen molar-refractivity contribution in [2.24, 2.45) is 0 Å². The zero-order valence-electron chi connectivity index (χ0n) is 5.91. The molecule has 5 nitrogen and oxygen atoms in total. The van der Waals surface area contributed by atoms with Gasteiger partial charge in [-0.1, -0.05) is 11.6 Å². The molecule has 1 rings (SSSR count). The van der Waals surface area contributed by atoms with Crippen molar-refractivity contribution < 1.29 is 19.4 Å². The lowest BCUT2D eigenvalue weighted by molar-refractivity contribution is 0.146. The first-order valence-electron chi connectivity index (χ1n) is 2.74. The summed E-state index contributed by atoms with van der Waals surface area (Å²) in [6.45, 7) is 0. The van der Waals surface area contributed by atoms with E-state index in [4.69, 9.17) is 21.4 Å². The Kier molecular flexibility index (Phi) is 2.72. The summed E-state index contributed by atoms with van der Waals surface area (Å²) in [6, 6.07) is 0. The van der Waals surface area contributed by atoms with Gasteiger partial charge >= 0.3 is 6.16 Å². The van der Waals surface area contributed by atoms with Crippen molar-refractivity contribution in [3.05, 3.63) is 5.15 Å².